The van der Waals surface area contributed by atoms with Crippen molar-refractivity contribution in [1.82, 2.24) is 14.8 Å². The molecule has 1 saturated heterocycles. The van der Waals surface area contributed by atoms with Gasteiger partial charge in [0.1, 0.15) is 17.6 Å². The van der Waals surface area contributed by atoms with Crippen LogP contribution < -0.4 is 0 Å². The molecular weight excluding hydrogens is 373 g/mol. The second-order valence-electron chi connectivity index (χ2n) is 6.78. The number of nitrogens with zero attached hydrogens (tertiary/aromatic N) is 3. The summed E-state index contributed by atoms with van der Waals surface area (Å²) < 4.78 is 13.3. The summed E-state index contributed by atoms with van der Waals surface area (Å²) in [5.74, 6) is -2.22. The van der Waals surface area contributed by atoms with Gasteiger partial charge in [-0.05, 0) is 49.5 Å². The molecule has 0 bridgehead atoms. The molecule has 1 aromatic carbocycles. The van der Waals surface area contributed by atoms with Crippen molar-refractivity contribution in [2.75, 3.05) is 26.2 Å². The highest BCUT2D eigenvalue weighted by Crippen LogP contribution is 2.38. The van der Waals surface area contributed by atoms with E-state index in [0.717, 1.165) is 13.1 Å². The number of aliphatic hydroxyl groups excluding tert-OH is 1. The molecule has 0 saturated carbocycles. The molecule has 1 aromatic heterocycles. The van der Waals surface area contributed by atoms with Crippen LogP contribution >= 0.6 is 0 Å². The number of hydrogen-bond donors (Lipinski definition) is 1. The number of halogens is 1. The maximum atomic E-state index is 13.3. The highest BCUT2D eigenvalue weighted by molar-refractivity contribution is 6.46. The summed E-state index contributed by atoms with van der Waals surface area (Å²) >= 11 is 0. The van der Waals surface area contributed by atoms with Gasteiger partial charge >= 0.3 is 0 Å². The van der Waals surface area contributed by atoms with Crippen LogP contribution in [0.4, 0.5) is 4.39 Å². The van der Waals surface area contributed by atoms with Crippen molar-refractivity contribution in [2.24, 2.45) is 0 Å². The summed E-state index contributed by atoms with van der Waals surface area (Å²) in [6.45, 7) is 6.63. The monoisotopic (exact) mass is 397 g/mol. The van der Waals surface area contributed by atoms with Crippen LogP contribution in [0.3, 0.4) is 0 Å². The van der Waals surface area contributed by atoms with Gasteiger partial charge in [0.05, 0.1) is 11.3 Å². The van der Waals surface area contributed by atoms with E-state index in [2.05, 4.69) is 9.88 Å². The first-order valence-electron chi connectivity index (χ1n) is 9.65. The Morgan fingerprint density at radius 1 is 1.14 bits per heavy atom. The van der Waals surface area contributed by atoms with Crippen molar-refractivity contribution in [2.45, 2.75) is 19.9 Å². The average Bonchev–Trinajstić information content (AvgIpc) is 3.00. The highest BCUT2D eigenvalue weighted by atomic mass is 19.1. The van der Waals surface area contributed by atoms with E-state index in [0.29, 0.717) is 18.8 Å². The van der Waals surface area contributed by atoms with Crippen molar-refractivity contribution in [3.05, 3.63) is 71.3 Å². The number of benzene rings is 1. The molecule has 7 heteroatoms. The van der Waals surface area contributed by atoms with E-state index >= 15 is 0 Å². The number of carbonyl (C=O) groups excluding carboxylic acids is 2. The summed E-state index contributed by atoms with van der Waals surface area (Å²) in [7, 11) is 0. The van der Waals surface area contributed by atoms with Gasteiger partial charge in [-0.2, -0.15) is 0 Å². The number of aromatic nitrogens is 1. The standard InChI is InChI=1S/C22H24FN3O3/c1-3-25(4-2)13-14-26-19(17-7-5-6-12-24-17)18(21(28)22(26)29)20(27)15-8-10-16(23)11-9-15/h5-12,19,27H,3-4,13-14H2,1-2H3. The lowest BCUT2D eigenvalue weighted by atomic mass is 9.98. The maximum Gasteiger partial charge on any atom is 0.295 e. The molecule has 6 nitrogen and oxygen atoms in total. The normalized spacial score (nSPS) is 18.6. The van der Waals surface area contributed by atoms with Gasteiger partial charge < -0.3 is 14.9 Å². The van der Waals surface area contributed by atoms with Gasteiger partial charge in [-0.15, -0.1) is 0 Å². The molecule has 1 unspecified atom stereocenters. The number of likely N-dealkylation sites (tertiary alicyclic amines) is 1. The number of likely N-dealkylation sites (N-methyl/N-ethyl adjacent to an activating group) is 1. The second kappa shape index (κ2) is 8.96. The van der Waals surface area contributed by atoms with E-state index < -0.39 is 23.5 Å². The summed E-state index contributed by atoms with van der Waals surface area (Å²) in [6, 6.07) is 9.59. The van der Waals surface area contributed by atoms with Crippen LogP contribution in [-0.4, -0.2) is 57.8 Å². The molecule has 1 atom stereocenters. The van der Waals surface area contributed by atoms with Crippen LogP contribution in [0.2, 0.25) is 0 Å². The van der Waals surface area contributed by atoms with Crippen molar-refractivity contribution in [3.63, 3.8) is 0 Å². The van der Waals surface area contributed by atoms with E-state index in [9.17, 15) is 19.1 Å². The fourth-order valence-corrected chi connectivity index (χ4v) is 3.51. The number of aliphatic hydroxyl groups is 1. The Kier molecular flexibility index (Phi) is 6.39. The quantitative estimate of drug-likeness (QED) is 0.442. The minimum Gasteiger partial charge on any atom is -0.507 e. The summed E-state index contributed by atoms with van der Waals surface area (Å²) in [6.07, 6.45) is 1.58. The van der Waals surface area contributed by atoms with Gasteiger partial charge in [0.15, 0.2) is 0 Å². The number of pyridine rings is 1. The van der Waals surface area contributed by atoms with Crippen molar-refractivity contribution >= 4 is 17.4 Å². The number of ketones is 1. The Morgan fingerprint density at radius 2 is 1.83 bits per heavy atom. The van der Waals surface area contributed by atoms with Gasteiger partial charge in [0.25, 0.3) is 11.7 Å². The minimum absolute atomic E-state index is 0.0279. The third-order valence-electron chi connectivity index (χ3n) is 5.18. The average molecular weight is 397 g/mol. The molecule has 1 fully saturated rings. The topological polar surface area (TPSA) is 73.7 Å². The van der Waals surface area contributed by atoms with Crippen LogP contribution in [0.25, 0.3) is 5.76 Å². The Bertz CT molecular complexity index is 909. The van der Waals surface area contributed by atoms with Crippen LogP contribution in [0.1, 0.15) is 31.1 Å². The molecule has 3 rings (SSSR count). The highest BCUT2D eigenvalue weighted by Gasteiger charge is 2.46. The first-order chi connectivity index (χ1) is 14.0. The zero-order valence-corrected chi connectivity index (χ0v) is 16.5. The summed E-state index contributed by atoms with van der Waals surface area (Å²) in [5, 5.41) is 10.8. The van der Waals surface area contributed by atoms with Crippen LogP contribution in [0, 0.1) is 5.82 Å². The zero-order chi connectivity index (χ0) is 21.0. The first-order valence-corrected chi connectivity index (χ1v) is 9.65. The molecule has 0 aliphatic carbocycles. The molecule has 2 heterocycles. The Labute approximate surface area is 169 Å². The molecule has 152 valence electrons. The lowest BCUT2D eigenvalue weighted by Crippen LogP contribution is -2.38. The van der Waals surface area contributed by atoms with Crippen molar-refractivity contribution in [3.8, 4) is 0 Å². The minimum atomic E-state index is -0.795. The van der Waals surface area contributed by atoms with Crippen LogP contribution in [-0.2, 0) is 9.59 Å². The van der Waals surface area contributed by atoms with Gasteiger partial charge in [-0.1, -0.05) is 19.9 Å². The van der Waals surface area contributed by atoms with E-state index in [-0.39, 0.29) is 16.9 Å². The number of hydrogen-bond acceptors (Lipinski definition) is 5. The number of amides is 1. The Morgan fingerprint density at radius 3 is 2.41 bits per heavy atom. The number of Topliss-reactive ketones (excluding diaryl/α,β-unsaturated/α-hetero) is 1. The largest absolute Gasteiger partial charge is 0.507 e. The number of rotatable bonds is 7. The van der Waals surface area contributed by atoms with Crippen molar-refractivity contribution in [1.29, 1.82) is 0 Å². The molecule has 0 radical (unpaired) electrons. The fourth-order valence-electron chi connectivity index (χ4n) is 3.51. The van der Waals surface area contributed by atoms with Crippen LogP contribution in [0.5, 0.6) is 0 Å². The molecule has 29 heavy (non-hydrogen) atoms. The van der Waals surface area contributed by atoms with Gasteiger partial charge in [-0.3, -0.25) is 14.6 Å². The summed E-state index contributed by atoms with van der Waals surface area (Å²) in [5.41, 5.74) is 0.740. The van der Waals surface area contributed by atoms with Crippen LogP contribution in [0.15, 0.2) is 54.2 Å². The second-order valence-corrected chi connectivity index (χ2v) is 6.78. The lowest BCUT2D eigenvalue weighted by molar-refractivity contribution is -0.140. The third-order valence-corrected chi connectivity index (χ3v) is 5.18. The maximum absolute atomic E-state index is 13.3. The van der Waals surface area contributed by atoms with Gasteiger partial charge in [0.2, 0.25) is 0 Å². The molecule has 2 aromatic rings. The fraction of sp³-hybridized carbons (Fsp3) is 0.318. The third kappa shape index (κ3) is 4.19. The predicted octanol–water partition coefficient (Wildman–Crippen LogP) is 2.98. The molecular formula is C22H24FN3O3. The predicted molar refractivity (Wildman–Crippen MR) is 107 cm³/mol. The van der Waals surface area contributed by atoms with Gasteiger partial charge in [-0.25, -0.2) is 4.39 Å². The number of carbonyl (C=O) groups is 2. The Balaban J connectivity index is 2.06. The smallest absolute Gasteiger partial charge is 0.295 e. The van der Waals surface area contributed by atoms with Gasteiger partial charge in [0, 0.05) is 24.8 Å². The van der Waals surface area contributed by atoms with E-state index in [1.807, 2.05) is 13.8 Å². The zero-order valence-electron chi connectivity index (χ0n) is 16.5. The molecule has 0 spiro atoms. The van der Waals surface area contributed by atoms with E-state index in [1.54, 1.807) is 24.4 Å². The molecule has 1 N–H and O–H groups in total. The van der Waals surface area contributed by atoms with E-state index in [1.165, 1.54) is 29.2 Å². The SMILES string of the molecule is CCN(CC)CCN1C(=O)C(=O)C(=C(O)c2ccc(F)cc2)C1c1ccccn1. The van der Waals surface area contributed by atoms with E-state index in [4.69, 9.17) is 0 Å². The molecule has 1 aliphatic rings. The molecule has 1 aliphatic heterocycles. The van der Waals surface area contributed by atoms with Crippen molar-refractivity contribution < 1.29 is 19.1 Å². The lowest BCUT2D eigenvalue weighted by Gasteiger charge is -2.27. The molecule has 1 amide bonds. The first kappa shape index (κ1) is 20.7. The summed E-state index contributed by atoms with van der Waals surface area (Å²) in [4.78, 5) is 33.6. The Hall–Kier alpha value is -3.06.